The highest BCUT2D eigenvalue weighted by molar-refractivity contribution is 6.09. The first kappa shape index (κ1) is 9.34. The summed E-state index contributed by atoms with van der Waals surface area (Å²) >= 11 is 0. The minimum absolute atomic E-state index is 0.121. The lowest BCUT2D eigenvalue weighted by atomic mass is 9.86. The Morgan fingerprint density at radius 1 is 0.812 bits per heavy atom. The highest BCUT2D eigenvalue weighted by Gasteiger charge is 2.16. The molecule has 0 saturated carbocycles. The quantitative estimate of drug-likeness (QED) is 0.693. The molecule has 0 radical (unpaired) electrons. The third-order valence-electron chi connectivity index (χ3n) is 3.17. The van der Waals surface area contributed by atoms with Crippen LogP contribution in [-0.4, -0.2) is 5.78 Å². The molecule has 0 amide bonds. The van der Waals surface area contributed by atoms with E-state index in [0.717, 1.165) is 24.0 Å². The molecule has 78 valence electrons. The summed E-state index contributed by atoms with van der Waals surface area (Å²) in [5.74, 6) is 0.121. The summed E-state index contributed by atoms with van der Waals surface area (Å²) in [6.07, 6.45) is 2.28. The Hall–Kier alpha value is -1.89. The topological polar surface area (TPSA) is 17.1 Å². The van der Waals surface area contributed by atoms with Gasteiger partial charge in [-0.1, -0.05) is 42.5 Å². The SMILES string of the molecule is O=C(c1ccccc1)c1ccc2c(c1)CC2. The summed E-state index contributed by atoms with van der Waals surface area (Å²) in [6, 6.07) is 15.5. The molecule has 2 aromatic rings. The van der Waals surface area contributed by atoms with E-state index >= 15 is 0 Å². The van der Waals surface area contributed by atoms with Crippen LogP contribution < -0.4 is 0 Å². The van der Waals surface area contributed by atoms with Gasteiger partial charge < -0.3 is 0 Å². The van der Waals surface area contributed by atoms with Crippen molar-refractivity contribution in [2.45, 2.75) is 12.8 Å². The zero-order valence-corrected chi connectivity index (χ0v) is 8.94. The third kappa shape index (κ3) is 1.45. The number of aryl methyl sites for hydroxylation is 2. The van der Waals surface area contributed by atoms with Crippen LogP contribution in [0, 0.1) is 0 Å². The minimum atomic E-state index is 0.121. The molecule has 1 nitrogen and oxygen atoms in total. The van der Waals surface area contributed by atoms with Gasteiger partial charge in [0.2, 0.25) is 0 Å². The number of hydrogen-bond acceptors (Lipinski definition) is 1. The van der Waals surface area contributed by atoms with Crippen LogP contribution in [-0.2, 0) is 12.8 Å². The van der Waals surface area contributed by atoms with Gasteiger partial charge in [-0.15, -0.1) is 0 Å². The summed E-state index contributed by atoms with van der Waals surface area (Å²) in [5.41, 5.74) is 4.30. The highest BCUT2D eigenvalue weighted by Crippen LogP contribution is 2.24. The van der Waals surface area contributed by atoms with Gasteiger partial charge in [-0.3, -0.25) is 4.79 Å². The maximum absolute atomic E-state index is 12.1. The summed E-state index contributed by atoms with van der Waals surface area (Å²) < 4.78 is 0. The van der Waals surface area contributed by atoms with E-state index in [0.29, 0.717) is 0 Å². The molecule has 0 unspecified atom stereocenters. The van der Waals surface area contributed by atoms with E-state index in [4.69, 9.17) is 0 Å². The van der Waals surface area contributed by atoms with Crippen molar-refractivity contribution in [3.05, 3.63) is 70.8 Å². The van der Waals surface area contributed by atoms with Crippen molar-refractivity contribution >= 4 is 5.78 Å². The molecule has 0 heterocycles. The van der Waals surface area contributed by atoms with Gasteiger partial charge in [-0.25, -0.2) is 0 Å². The van der Waals surface area contributed by atoms with E-state index in [9.17, 15) is 4.79 Å². The lowest BCUT2D eigenvalue weighted by molar-refractivity contribution is 0.103. The van der Waals surface area contributed by atoms with Crippen molar-refractivity contribution in [3.8, 4) is 0 Å². The standard InChI is InChI=1S/C15H12O/c16-15(12-4-2-1-3-5-12)14-9-7-11-6-8-13(11)10-14/h1-5,7,9-10H,6,8H2. The van der Waals surface area contributed by atoms with Crippen LogP contribution in [0.25, 0.3) is 0 Å². The molecule has 1 aliphatic carbocycles. The van der Waals surface area contributed by atoms with Crippen LogP contribution in [0.5, 0.6) is 0 Å². The number of rotatable bonds is 2. The molecule has 1 heteroatoms. The fraction of sp³-hybridized carbons (Fsp3) is 0.133. The molecule has 16 heavy (non-hydrogen) atoms. The van der Waals surface area contributed by atoms with Crippen LogP contribution in [0.3, 0.4) is 0 Å². The number of benzene rings is 2. The summed E-state index contributed by atoms with van der Waals surface area (Å²) in [5, 5.41) is 0. The lowest BCUT2D eigenvalue weighted by Gasteiger charge is -2.18. The van der Waals surface area contributed by atoms with Gasteiger partial charge in [-0.2, -0.15) is 0 Å². The van der Waals surface area contributed by atoms with Crippen molar-refractivity contribution in [2.75, 3.05) is 0 Å². The van der Waals surface area contributed by atoms with E-state index in [1.165, 1.54) is 11.1 Å². The third-order valence-corrected chi connectivity index (χ3v) is 3.17. The maximum Gasteiger partial charge on any atom is 0.193 e. The van der Waals surface area contributed by atoms with Gasteiger partial charge in [0.25, 0.3) is 0 Å². The predicted octanol–water partition coefficient (Wildman–Crippen LogP) is 3.02. The Bertz CT molecular complexity index is 541. The molecule has 0 bridgehead atoms. The molecule has 2 aromatic carbocycles. The van der Waals surface area contributed by atoms with Crippen LogP contribution in [0.2, 0.25) is 0 Å². The monoisotopic (exact) mass is 208 g/mol. The smallest absolute Gasteiger partial charge is 0.193 e. The van der Waals surface area contributed by atoms with E-state index in [2.05, 4.69) is 6.07 Å². The number of carbonyl (C=O) groups is 1. The second-order valence-corrected chi connectivity index (χ2v) is 4.18. The fourth-order valence-corrected chi connectivity index (χ4v) is 2.09. The molecular weight excluding hydrogens is 196 g/mol. The molecule has 0 N–H and O–H groups in total. The van der Waals surface area contributed by atoms with Gasteiger partial charge in [0, 0.05) is 11.1 Å². The van der Waals surface area contributed by atoms with Gasteiger partial charge in [0.1, 0.15) is 0 Å². The summed E-state index contributed by atoms with van der Waals surface area (Å²) in [4.78, 5) is 12.1. The molecule has 1 aliphatic rings. The minimum Gasteiger partial charge on any atom is -0.289 e. The lowest BCUT2D eigenvalue weighted by Crippen LogP contribution is -2.10. The first-order valence-electron chi connectivity index (χ1n) is 5.56. The van der Waals surface area contributed by atoms with Crippen molar-refractivity contribution in [3.63, 3.8) is 0 Å². The molecule has 0 saturated heterocycles. The largest absolute Gasteiger partial charge is 0.289 e. The molecular formula is C15H12O. The Balaban J connectivity index is 1.98. The van der Waals surface area contributed by atoms with Crippen LogP contribution in [0.1, 0.15) is 27.0 Å². The van der Waals surface area contributed by atoms with E-state index < -0.39 is 0 Å². The molecule has 0 spiro atoms. The molecule has 3 rings (SSSR count). The Kier molecular flexibility index (Phi) is 2.10. The fourth-order valence-electron chi connectivity index (χ4n) is 2.09. The van der Waals surface area contributed by atoms with Crippen LogP contribution in [0.15, 0.2) is 48.5 Å². The van der Waals surface area contributed by atoms with Crippen molar-refractivity contribution < 1.29 is 4.79 Å². The highest BCUT2D eigenvalue weighted by atomic mass is 16.1. The molecule has 0 aliphatic heterocycles. The predicted molar refractivity (Wildman–Crippen MR) is 63.7 cm³/mol. The normalized spacial score (nSPS) is 12.8. The number of hydrogen-bond donors (Lipinski definition) is 0. The summed E-state index contributed by atoms with van der Waals surface area (Å²) in [6.45, 7) is 0. The van der Waals surface area contributed by atoms with E-state index in [-0.39, 0.29) is 5.78 Å². The van der Waals surface area contributed by atoms with Gasteiger partial charge >= 0.3 is 0 Å². The maximum atomic E-state index is 12.1. The average Bonchev–Trinajstić information content (AvgIpc) is 2.31. The molecule has 0 aromatic heterocycles. The van der Waals surface area contributed by atoms with Gasteiger partial charge in [0.05, 0.1) is 0 Å². The number of fused-ring (bicyclic) bond motifs is 1. The first-order chi connectivity index (χ1) is 7.84. The van der Waals surface area contributed by atoms with Crippen molar-refractivity contribution in [1.82, 2.24) is 0 Å². The second kappa shape index (κ2) is 3.60. The van der Waals surface area contributed by atoms with Crippen LogP contribution >= 0.6 is 0 Å². The second-order valence-electron chi connectivity index (χ2n) is 4.18. The van der Waals surface area contributed by atoms with E-state index in [1.807, 2.05) is 42.5 Å². The van der Waals surface area contributed by atoms with Crippen LogP contribution in [0.4, 0.5) is 0 Å². The molecule has 0 fully saturated rings. The summed E-state index contributed by atoms with van der Waals surface area (Å²) in [7, 11) is 0. The van der Waals surface area contributed by atoms with Crippen molar-refractivity contribution in [2.24, 2.45) is 0 Å². The average molecular weight is 208 g/mol. The number of carbonyl (C=O) groups excluding carboxylic acids is 1. The first-order valence-corrected chi connectivity index (χ1v) is 5.56. The Morgan fingerprint density at radius 2 is 1.56 bits per heavy atom. The van der Waals surface area contributed by atoms with Gasteiger partial charge in [0.15, 0.2) is 5.78 Å². The van der Waals surface area contributed by atoms with Crippen molar-refractivity contribution in [1.29, 1.82) is 0 Å². The van der Waals surface area contributed by atoms with E-state index in [1.54, 1.807) is 0 Å². The zero-order chi connectivity index (χ0) is 11.0. The Morgan fingerprint density at radius 3 is 2.19 bits per heavy atom. The number of ketones is 1. The molecule has 0 atom stereocenters. The zero-order valence-electron chi connectivity index (χ0n) is 8.94. The Labute approximate surface area is 94.7 Å². The van der Waals surface area contributed by atoms with Gasteiger partial charge in [-0.05, 0) is 30.0 Å².